The Labute approximate surface area is 69.8 Å². The predicted molar refractivity (Wildman–Crippen MR) is 41.5 cm³/mol. The zero-order valence-electron chi connectivity index (χ0n) is 6.60. The standard InChI is InChI=1S/C5H12NO5P/c1-2-3-4(5(7)8)6-12(9,10)11/h4H,2-3H2,1H3,(H,7,8)(H3,6,9,10,11)/t4-/m0/s1. The van der Waals surface area contributed by atoms with Crippen molar-refractivity contribution in [3.05, 3.63) is 0 Å². The van der Waals surface area contributed by atoms with E-state index in [1.54, 1.807) is 12.0 Å². The van der Waals surface area contributed by atoms with Gasteiger partial charge < -0.3 is 14.9 Å². The number of hydrogen-bond donors (Lipinski definition) is 4. The van der Waals surface area contributed by atoms with E-state index in [0.717, 1.165) is 0 Å². The zero-order chi connectivity index (χ0) is 9.78. The van der Waals surface area contributed by atoms with Crippen LogP contribution in [0.5, 0.6) is 0 Å². The summed E-state index contributed by atoms with van der Waals surface area (Å²) >= 11 is 0. The van der Waals surface area contributed by atoms with E-state index >= 15 is 0 Å². The van der Waals surface area contributed by atoms with Crippen molar-refractivity contribution in [2.75, 3.05) is 0 Å². The van der Waals surface area contributed by atoms with Gasteiger partial charge in [0.1, 0.15) is 6.04 Å². The highest BCUT2D eigenvalue weighted by atomic mass is 31.2. The zero-order valence-corrected chi connectivity index (χ0v) is 7.49. The lowest BCUT2D eigenvalue weighted by Crippen LogP contribution is -2.34. The largest absolute Gasteiger partial charge is 0.480 e. The molecule has 0 spiro atoms. The number of hydrogen-bond acceptors (Lipinski definition) is 2. The Morgan fingerprint density at radius 2 is 2.08 bits per heavy atom. The SMILES string of the molecule is CCC[C@H](NP(=O)(O)O)C(=O)O. The molecule has 0 radical (unpaired) electrons. The number of carbonyl (C=O) groups is 1. The van der Waals surface area contributed by atoms with Crippen LogP contribution in [0.2, 0.25) is 0 Å². The Hall–Kier alpha value is -0.420. The summed E-state index contributed by atoms with van der Waals surface area (Å²) in [4.78, 5) is 27.2. The first-order valence-corrected chi connectivity index (χ1v) is 5.04. The summed E-state index contributed by atoms with van der Waals surface area (Å²) in [6.45, 7) is 1.73. The summed E-state index contributed by atoms with van der Waals surface area (Å²) in [5.74, 6) is -1.25. The van der Waals surface area contributed by atoms with Crippen LogP contribution in [0.25, 0.3) is 0 Å². The monoisotopic (exact) mass is 197 g/mol. The Morgan fingerprint density at radius 3 is 2.33 bits per heavy atom. The summed E-state index contributed by atoms with van der Waals surface area (Å²) in [5, 5.41) is 10.2. The molecule has 0 saturated heterocycles. The maximum absolute atomic E-state index is 10.4. The minimum absolute atomic E-state index is 0.195. The highest BCUT2D eigenvalue weighted by Crippen LogP contribution is 2.29. The Morgan fingerprint density at radius 1 is 1.58 bits per heavy atom. The first kappa shape index (κ1) is 11.6. The molecule has 0 aliphatic rings. The Kier molecular flexibility index (Phi) is 4.41. The molecule has 6 nitrogen and oxygen atoms in total. The van der Waals surface area contributed by atoms with Crippen molar-refractivity contribution in [1.29, 1.82) is 0 Å². The molecule has 1 atom stereocenters. The van der Waals surface area contributed by atoms with E-state index in [9.17, 15) is 9.36 Å². The summed E-state index contributed by atoms with van der Waals surface area (Å²) in [6, 6.07) is -1.17. The fourth-order valence-electron chi connectivity index (χ4n) is 0.735. The van der Waals surface area contributed by atoms with Crippen molar-refractivity contribution in [1.82, 2.24) is 5.09 Å². The normalized spacial score (nSPS) is 14.2. The molecule has 0 amide bonds. The number of carboxylic acids is 1. The fourth-order valence-corrected chi connectivity index (χ4v) is 1.38. The van der Waals surface area contributed by atoms with Crippen molar-refractivity contribution in [3.63, 3.8) is 0 Å². The van der Waals surface area contributed by atoms with Gasteiger partial charge in [0, 0.05) is 0 Å². The molecule has 0 aliphatic carbocycles. The second-order valence-corrected chi connectivity index (χ2v) is 3.70. The fraction of sp³-hybridized carbons (Fsp3) is 0.800. The minimum Gasteiger partial charge on any atom is -0.480 e. The highest BCUT2D eigenvalue weighted by Gasteiger charge is 2.24. The molecular formula is C5H12NO5P. The summed E-state index contributed by atoms with van der Waals surface area (Å²) < 4.78 is 10.3. The van der Waals surface area contributed by atoms with Crippen LogP contribution in [0.4, 0.5) is 0 Å². The molecule has 0 heterocycles. The van der Waals surface area contributed by atoms with Gasteiger partial charge in [-0.1, -0.05) is 13.3 Å². The number of nitrogens with one attached hydrogen (secondary N) is 1. The van der Waals surface area contributed by atoms with Gasteiger partial charge >= 0.3 is 13.7 Å². The number of aliphatic carboxylic acids is 1. The second kappa shape index (κ2) is 4.57. The van der Waals surface area contributed by atoms with Gasteiger partial charge in [-0.05, 0) is 6.42 Å². The van der Waals surface area contributed by atoms with Crippen molar-refractivity contribution >= 4 is 13.7 Å². The van der Waals surface area contributed by atoms with Gasteiger partial charge in [-0.3, -0.25) is 4.79 Å². The molecule has 7 heteroatoms. The van der Waals surface area contributed by atoms with E-state index in [-0.39, 0.29) is 6.42 Å². The first-order valence-electron chi connectivity index (χ1n) is 3.43. The van der Waals surface area contributed by atoms with Gasteiger partial charge in [-0.2, -0.15) is 0 Å². The van der Waals surface area contributed by atoms with Gasteiger partial charge in [-0.15, -0.1) is 0 Å². The van der Waals surface area contributed by atoms with Crippen molar-refractivity contribution in [2.45, 2.75) is 25.8 Å². The number of rotatable bonds is 5. The van der Waals surface area contributed by atoms with Crippen LogP contribution in [0, 0.1) is 0 Å². The van der Waals surface area contributed by atoms with E-state index in [1.807, 2.05) is 0 Å². The Bertz CT molecular complexity index is 200. The molecule has 4 N–H and O–H groups in total. The molecule has 0 aromatic rings. The van der Waals surface area contributed by atoms with Gasteiger partial charge in [0.05, 0.1) is 0 Å². The van der Waals surface area contributed by atoms with E-state index in [0.29, 0.717) is 6.42 Å². The summed E-state index contributed by atoms with van der Waals surface area (Å²) in [5.41, 5.74) is 0. The quantitative estimate of drug-likeness (QED) is 0.459. The molecule has 0 aliphatic heterocycles. The minimum atomic E-state index is -4.44. The summed E-state index contributed by atoms with van der Waals surface area (Å²) in [7, 11) is -4.44. The van der Waals surface area contributed by atoms with Gasteiger partial charge in [0.15, 0.2) is 0 Å². The van der Waals surface area contributed by atoms with Crippen LogP contribution >= 0.6 is 7.75 Å². The van der Waals surface area contributed by atoms with Crippen molar-refractivity contribution in [3.8, 4) is 0 Å². The Balaban J connectivity index is 4.14. The number of carboxylic acid groups (broad SMARTS) is 1. The molecule has 0 aromatic carbocycles. The lowest BCUT2D eigenvalue weighted by atomic mass is 10.2. The average Bonchev–Trinajstić information content (AvgIpc) is 1.83. The predicted octanol–water partition coefficient (Wildman–Crippen LogP) is -0.0780. The van der Waals surface area contributed by atoms with Gasteiger partial charge in [0.2, 0.25) is 0 Å². The smallest absolute Gasteiger partial charge is 0.401 e. The molecule has 0 saturated carbocycles. The molecule has 72 valence electrons. The maximum atomic E-state index is 10.4. The summed E-state index contributed by atoms with van der Waals surface area (Å²) in [6.07, 6.45) is 0.740. The van der Waals surface area contributed by atoms with Crippen LogP contribution in [0.15, 0.2) is 0 Å². The lowest BCUT2D eigenvalue weighted by Gasteiger charge is -2.13. The van der Waals surface area contributed by atoms with Crippen LogP contribution in [-0.4, -0.2) is 26.9 Å². The third kappa shape index (κ3) is 5.26. The van der Waals surface area contributed by atoms with Gasteiger partial charge in [-0.25, -0.2) is 9.65 Å². The van der Waals surface area contributed by atoms with Crippen LogP contribution in [0.1, 0.15) is 19.8 Å². The third-order valence-electron chi connectivity index (χ3n) is 1.20. The van der Waals surface area contributed by atoms with E-state index in [1.165, 1.54) is 0 Å². The molecule has 0 rings (SSSR count). The molecule has 0 aromatic heterocycles. The van der Waals surface area contributed by atoms with E-state index < -0.39 is 19.8 Å². The van der Waals surface area contributed by atoms with Crippen molar-refractivity contribution < 1.29 is 24.3 Å². The van der Waals surface area contributed by atoms with E-state index in [2.05, 4.69) is 0 Å². The maximum Gasteiger partial charge on any atom is 0.401 e. The molecule has 0 fully saturated rings. The molecular weight excluding hydrogens is 185 g/mol. The molecule has 0 bridgehead atoms. The van der Waals surface area contributed by atoms with Crippen LogP contribution in [0.3, 0.4) is 0 Å². The van der Waals surface area contributed by atoms with Crippen molar-refractivity contribution in [2.24, 2.45) is 0 Å². The topological polar surface area (TPSA) is 107 Å². The van der Waals surface area contributed by atoms with Gasteiger partial charge in [0.25, 0.3) is 0 Å². The third-order valence-corrected chi connectivity index (χ3v) is 1.85. The average molecular weight is 197 g/mol. The van der Waals surface area contributed by atoms with Crippen LogP contribution < -0.4 is 5.09 Å². The second-order valence-electron chi connectivity index (χ2n) is 2.35. The first-order chi connectivity index (χ1) is 5.37. The molecule has 0 unspecified atom stereocenters. The molecule has 12 heavy (non-hydrogen) atoms. The van der Waals surface area contributed by atoms with E-state index in [4.69, 9.17) is 14.9 Å². The highest BCUT2D eigenvalue weighted by molar-refractivity contribution is 7.49. The lowest BCUT2D eigenvalue weighted by molar-refractivity contribution is -0.139. The van der Waals surface area contributed by atoms with Crippen LogP contribution in [-0.2, 0) is 9.36 Å².